The van der Waals surface area contributed by atoms with Gasteiger partial charge in [-0.3, -0.25) is 4.79 Å². The highest BCUT2D eigenvalue weighted by molar-refractivity contribution is 7.80. The van der Waals surface area contributed by atoms with Crippen LogP contribution in [-0.2, 0) is 6.54 Å². The predicted octanol–water partition coefficient (Wildman–Crippen LogP) is 0.711. The number of likely N-dealkylation sites (N-methyl/N-ethyl adjacent to an activating group) is 1. The number of rotatable bonds is 7. The molecule has 0 spiro atoms. The minimum atomic E-state index is -0.149. The molecule has 2 N–H and O–H groups in total. The summed E-state index contributed by atoms with van der Waals surface area (Å²) in [6, 6.07) is 3.47. The molecule has 5 nitrogen and oxygen atoms in total. The van der Waals surface area contributed by atoms with Gasteiger partial charge in [0.1, 0.15) is 6.61 Å². The largest absolute Gasteiger partial charge is 0.487 e. The maximum absolute atomic E-state index is 12.1. The van der Waals surface area contributed by atoms with Crippen LogP contribution >= 0.6 is 12.2 Å². The van der Waals surface area contributed by atoms with Crippen LogP contribution in [0.25, 0.3) is 0 Å². The standard InChI is InChI=1S/C13H21N3O2S/c1-10(12(14)19)9-16-6-4-5-11(13(16)17)18-8-7-15(2)3/h4-6,10H,7-9H2,1-3H3,(H2,14,19). The Morgan fingerprint density at radius 2 is 2.26 bits per heavy atom. The molecule has 0 aromatic carbocycles. The first-order chi connectivity index (χ1) is 8.91. The molecule has 1 heterocycles. The smallest absolute Gasteiger partial charge is 0.292 e. The van der Waals surface area contributed by atoms with Gasteiger partial charge in [0.05, 0.1) is 4.99 Å². The van der Waals surface area contributed by atoms with E-state index >= 15 is 0 Å². The molecule has 1 rings (SSSR count). The molecule has 0 saturated carbocycles. The molecule has 1 atom stereocenters. The molecule has 0 bridgehead atoms. The lowest BCUT2D eigenvalue weighted by molar-refractivity contribution is 0.257. The van der Waals surface area contributed by atoms with E-state index in [4.69, 9.17) is 22.7 Å². The highest BCUT2D eigenvalue weighted by Gasteiger charge is 2.09. The molecule has 106 valence electrons. The monoisotopic (exact) mass is 283 g/mol. The number of thiocarbonyl (C=S) groups is 1. The Hall–Kier alpha value is -1.40. The van der Waals surface area contributed by atoms with E-state index in [1.54, 1.807) is 22.9 Å². The van der Waals surface area contributed by atoms with Gasteiger partial charge in [0.2, 0.25) is 0 Å². The first-order valence-electron chi connectivity index (χ1n) is 6.18. The van der Waals surface area contributed by atoms with Crippen LogP contribution in [0.15, 0.2) is 23.1 Å². The summed E-state index contributed by atoms with van der Waals surface area (Å²) in [5.41, 5.74) is 5.42. The van der Waals surface area contributed by atoms with Crippen molar-refractivity contribution in [2.45, 2.75) is 13.5 Å². The third kappa shape index (κ3) is 5.00. The van der Waals surface area contributed by atoms with E-state index in [2.05, 4.69) is 0 Å². The molecule has 0 aliphatic rings. The van der Waals surface area contributed by atoms with Crippen LogP contribution in [0.3, 0.4) is 0 Å². The van der Waals surface area contributed by atoms with Crippen molar-refractivity contribution in [1.82, 2.24) is 9.47 Å². The third-order valence-corrected chi connectivity index (χ3v) is 3.14. The third-order valence-electron chi connectivity index (χ3n) is 2.74. The lowest BCUT2D eigenvalue weighted by Gasteiger charge is -2.14. The number of pyridine rings is 1. The van der Waals surface area contributed by atoms with E-state index in [9.17, 15) is 4.79 Å². The second-order valence-electron chi connectivity index (χ2n) is 4.79. The predicted molar refractivity (Wildman–Crippen MR) is 80.7 cm³/mol. The first-order valence-corrected chi connectivity index (χ1v) is 6.59. The molecular weight excluding hydrogens is 262 g/mol. The molecule has 0 aliphatic carbocycles. The number of hydrogen-bond acceptors (Lipinski definition) is 4. The lowest BCUT2D eigenvalue weighted by Crippen LogP contribution is -2.30. The Morgan fingerprint density at radius 1 is 1.58 bits per heavy atom. The summed E-state index contributed by atoms with van der Waals surface area (Å²) < 4.78 is 7.07. The zero-order valence-corrected chi connectivity index (χ0v) is 12.4. The second kappa shape index (κ2) is 7.25. The van der Waals surface area contributed by atoms with Crippen molar-refractivity contribution < 1.29 is 4.74 Å². The Labute approximate surface area is 119 Å². The van der Waals surface area contributed by atoms with E-state index in [0.717, 1.165) is 6.54 Å². The van der Waals surface area contributed by atoms with Crippen molar-refractivity contribution in [3.8, 4) is 5.75 Å². The molecule has 0 saturated heterocycles. The fourth-order valence-electron chi connectivity index (χ4n) is 1.49. The fraction of sp³-hybridized carbons (Fsp3) is 0.538. The molecule has 0 fully saturated rings. The topological polar surface area (TPSA) is 60.5 Å². The highest BCUT2D eigenvalue weighted by Crippen LogP contribution is 2.05. The molecule has 0 aliphatic heterocycles. The van der Waals surface area contributed by atoms with Crippen molar-refractivity contribution in [3.05, 3.63) is 28.7 Å². The van der Waals surface area contributed by atoms with Crippen molar-refractivity contribution in [2.75, 3.05) is 27.2 Å². The first kappa shape index (κ1) is 15.7. The van der Waals surface area contributed by atoms with Gasteiger partial charge in [-0.25, -0.2) is 0 Å². The van der Waals surface area contributed by atoms with Gasteiger partial charge in [0.25, 0.3) is 5.56 Å². The summed E-state index contributed by atoms with van der Waals surface area (Å²) in [5.74, 6) is 0.337. The molecule has 19 heavy (non-hydrogen) atoms. The summed E-state index contributed by atoms with van der Waals surface area (Å²) in [6.45, 7) is 3.61. The summed E-state index contributed by atoms with van der Waals surface area (Å²) in [6.07, 6.45) is 1.72. The number of aromatic nitrogens is 1. The van der Waals surface area contributed by atoms with Gasteiger partial charge in [0.15, 0.2) is 5.75 Å². The van der Waals surface area contributed by atoms with Gasteiger partial charge in [-0.1, -0.05) is 19.1 Å². The van der Waals surface area contributed by atoms with Crippen LogP contribution in [-0.4, -0.2) is 41.7 Å². The molecule has 6 heteroatoms. The lowest BCUT2D eigenvalue weighted by atomic mass is 10.2. The van der Waals surface area contributed by atoms with Gasteiger partial charge in [0, 0.05) is 25.2 Å². The Kier molecular flexibility index (Phi) is 5.98. The molecule has 0 radical (unpaired) electrons. The van der Waals surface area contributed by atoms with Gasteiger partial charge < -0.3 is 19.9 Å². The van der Waals surface area contributed by atoms with Gasteiger partial charge >= 0.3 is 0 Å². The van der Waals surface area contributed by atoms with Gasteiger partial charge in [-0.2, -0.15) is 0 Å². The van der Waals surface area contributed by atoms with Gasteiger partial charge in [-0.05, 0) is 26.2 Å². The van der Waals surface area contributed by atoms with Crippen LogP contribution in [0.4, 0.5) is 0 Å². The number of ether oxygens (including phenoxy) is 1. The molecule has 1 aromatic heterocycles. The molecule has 1 unspecified atom stereocenters. The Bertz CT molecular complexity index is 485. The van der Waals surface area contributed by atoms with Crippen LogP contribution in [0.1, 0.15) is 6.92 Å². The van der Waals surface area contributed by atoms with E-state index in [1.165, 1.54) is 0 Å². The SMILES string of the molecule is CC(Cn1cccc(OCCN(C)C)c1=O)C(N)=S. The van der Waals surface area contributed by atoms with Gasteiger partial charge in [-0.15, -0.1) is 0 Å². The van der Waals surface area contributed by atoms with E-state index in [0.29, 0.717) is 23.9 Å². The van der Waals surface area contributed by atoms with Crippen LogP contribution in [0.2, 0.25) is 0 Å². The van der Waals surface area contributed by atoms with E-state index in [-0.39, 0.29) is 11.5 Å². The second-order valence-corrected chi connectivity index (χ2v) is 5.26. The van der Waals surface area contributed by atoms with Crippen molar-refractivity contribution >= 4 is 17.2 Å². The molecule has 0 amide bonds. The van der Waals surface area contributed by atoms with Crippen molar-refractivity contribution in [3.63, 3.8) is 0 Å². The van der Waals surface area contributed by atoms with Crippen molar-refractivity contribution in [2.24, 2.45) is 11.7 Å². The van der Waals surface area contributed by atoms with E-state index in [1.807, 2.05) is 25.9 Å². The zero-order chi connectivity index (χ0) is 14.4. The summed E-state index contributed by atoms with van der Waals surface area (Å²) in [5, 5.41) is 0. The van der Waals surface area contributed by atoms with Crippen LogP contribution in [0, 0.1) is 5.92 Å². The van der Waals surface area contributed by atoms with E-state index < -0.39 is 0 Å². The zero-order valence-electron chi connectivity index (χ0n) is 11.6. The minimum absolute atomic E-state index is 0.0234. The average Bonchev–Trinajstić information content (AvgIpc) is 2.33. The maximum Gasteiger partial charge on any atom is 0.292 e. The van der Waals surface area contributed by atoms with Crippen LogP contribution in [0.5, 0.6) is 5.75 Å². The Morgan fingerprint density at radius 3 is 2.84 bits per heavy atom. The fourth-order valence-corrected chi connectivity index (χ4v) is 1.57. The van der Waals surface area contributed by atoms with Crippen LogP contribution < -0.4 is 16.0 Å². The highest BCUT2D eigenvalue weighted by atomic mass is 32.1. The maximum atomic E-state index is 12.1. The summed E-state index contributed by atoms with van der Waals surface area (Å²) in [7, 11) is 3.91. The number of nitrogens with zero attached hydrogens (tertiary/aromatic N) is 2. The summed E-state index contributed by atoms with van der Waals surface area (Å²) in [4.78, 5) is 14.5. The summed E-state index contributed by atoms with van der Waals surface area (Å²) >= 11 is 4.92. The molecule has 1 aromatic rings. The number of hydrogen-bond donors (Lipinski definition) is 1. The normalized spacial score (nSPS) is 12.4. The quantitative estimate of drug-likeness (QED) is 0.747. The number of nitrogens with two attached hydrogens (primary N) is 1. The van der Waals surface area contributed by atoms with Crippen molar-refractivity contribution in [1.29, 1.82) is 0 Å². The average molecular weight is 283 g/mol. The molecular formula is C13H21N3O2S. The Balaban J connectivity index is 2.75. The minimum Gasteiger partial charge on any atom is -0.487 e.